The molecule has 0 fully saturated rings. The molecule has 0 atom stereocenters. The van der Waals surface area contributed by atoms with E-state index in [1.807, 2.05) is 61.5 Å². The summed E-state index contributed by atoms with van der Waals surface area (Å²) in [5.74, 6) is -0.209. The van der Waals surface area contributed by atoms with E-state index < -0.39 is 0 Å². The van der Waals surface area contributed by atoms with E-state index in [0.29, 0.717) is 5.69 Å². The molecule has 110 valence electrons. The molecular formula is C17H14IN3O. The van der Waals surface area contributed by atoms with Crippen LogP contribution in [0.2, 0.25) is 0 Å². The van der Waals surface area contributed by atoms with E-state index >= 15 is 0 Å². The third-order valence-corrected chi connectivity index (χ3v) is 3.87. The molecule has 0 radical (unpaired) electrons. The number of rotatable bonds is 3. The Hall–Kier alpha value is -2.15. The molecule has 3 aromatic rings. The molecular weight excluding hydrogens is 389 g/mol. The van der Waals surface area contributed by atoms with Gasteiger partial charge in [-0.05, 0) is 65.9 Å². The van der Waals surface area contributed by atoms with Crippen LogP contribution in [0.1, 0.15) is 16.2 Å². The highest BCUT2D eigenvalue weighted by Gasteiger charge is 2.13. The van der Waals surface area contributed by atoms with Gasteiger partial charge in [-0.2, -0.15) is 5.10 Å². The molecule has 0 saturated carbocycles. The van der Waals surface area contributed by atoms with Crippen LogP contribution >= 0.6 is 22.6 Å². The number of hydrogen-bond acceptors (Lipinski definition) is 2. The zero-order valence-corrected chi connectivity index (χ0v) is 14.1. The maximum Gasteiger partial charge on any atom is 0.276 e. The molecule has 1 amide bonds. The van der Waals surface area contributed by atoms with Gasteiger partial charge in [-0.3, -0.25) is 4.79 Å². The fourth-order valence-corrected chi connectivity index (χ4v) is 2.72. The first-order valence-corrected chi connectivity index (χ1v) is 7.90. The van der Waals surface area contributed by atoms with Gasteiger partial charge in [-0.1, -0.05) is 24.3 Å². The summed E-state index contributed by atoms with van der Waals surface area (Å²) in [5, 5.41) is 7.27. The number of carbonyl (C=O) groups is 1. The van der Waals surface area contributed by atoms with Crippen LogP contribution < -0.4 is 5.32 Å². The van der Waals surface area contributed by atoms with Crippen LogP contribution in [0.15, 0.2) is 60.7 Å². The third kappa shape index (κ3) is 3.19. The van der Waals surface area contributed by atoms with E-state index in [1.54, 1.807) is 10.7 Å². The van der Waals surface area contributed by atoms with Gasteiger partial charge in [0.2, 0.25) is 0 Å². The van der Waals surface area contributed by atoms with E-state index in [9.17, 15) is 4.79 Å². The molecule has 22 heavy (non-hydrogen) atoms. The summed E-state index contributed by atoms with van der Waals surface area (Å²) in [7, 11) is 0. The first kappa shape index (κ1) is 14.8. The highest BCUT2D eigenvalue weighted by molar-refractivity contribution is 14.1. The summed E-state index contributed by atoms with van der Waals surface area (Å²) >= 11 is 2.21. The Labute approximate surface area is 142 Å². The van der Waals surface area contributed by atoms with Crippen LogP contribution in [0.5, 0.6) is 0 Å². The topological polar surface area (TPSA) is 46.9 Å². The van der Waals surface area contributed by atoms with Crippen molar-refractivity contribution in [1.29, 1.82) is 0 Å². The molecule has 4 nitrogen and oxygen atoms in total. The van der Waals surface area contributed by atoms with Crippen LogP contribution in [0, 0.1) is 10.5 Å². The van der Waals surface area contributed by atoms with Crippen molar-refractivity contribution in [3.8, 4) is 5.69 Å². The largest absolute Gasteiger partial charge is 0.321 e. The lowest BCUT2D eigenvalue weighted by Crippen LogP contribution is -2.13. The molecule has 1 aromatic heterocycles. The van der Waals surface area contributed by atoms with Crippen LogP contribution in [-0.2, 0) is 0 Å². The molecule has 0 saturated heterocycles. The van der Waals surface area contributed by atoms with Gasteiger partial charge < -0.3 is 5.32 Å². The van der Waals surface area contributed by atoms with Crippen molar-refractivity contribution >= 4 is 34.2 Å². The summed E-state index contributed by atoms with van der Waals surface area (Å²) in [4.78, 5) is 12.3. The molecule has 0 aliphatic carbocycles. The maximum absolute atomic E-state index is 12.3. The second kappa shape index (κ2) is 6.31. The summed E-state index contributed by atoms with van der Waals surface area (Å²) in [5.41, 5.74) is 3.02. The van der Waals surface area contributed by atoms with Gasteiger partial charge in [0.25, 0.3) is 5.91 Å². The van der Waals surface area contributed by atoms with Gasteiger partial charge in [0.15, 0.2) is 5.69 Å². The Morgan fingerprint density at radius 1 is 1.09 bits per heavy atom. The average molecular weight is 403 g/mol. The van der Waals surface area contributed by atoms with Crippen molar-refractivity contribution in [2.24, 2.45) is 0 Å². The van der Waals surface area contributed by atoms with E-state index in [4.69, 9.17) is 0 Å². The van der Waals surface area contributed by atoms with Gasteiger partial charge >= 0.3 is 0 Å². The first-order valence-electron chi connectivity index (χ1n) is 6.82. The van der Waals surface area contributed by atoms with Crippen molar-refractivity contribution < 1.29 is 4.79 Å². The summed E-state index contributed by atoms with van der Waals surface area (Å²) in [6.07, 6.45) is 0. The average Bonchev–Trinajstić information content (AvgIpc) is 2.90. The number of para-hydroxylation sites is 1. The number of benzene rings is 2. The van der Waals surface area contributed by atoms with E-state index in [1.165, 1.54) is 0 Å². The fraction of sp³-hybridized carbons (Fsp3) is 0.0588. The van der Waals surface area contributed by atoms with Crippen molar-refractivity contribution in [3.05, 3.63) is 75.6 Å². The highest BCUT2D eigenvalue weighted by atomic mass is 127. The number of nitrogens with one attached hydrogen (secondary N) is 1. The normalized spacial score (nSPS) is 10.5. The number of anilines is 1. The first-order chi connectivity index (χ1) is 10.6. The molecule has 3 rings (SSSR count). The van der Waals surface area contributed by atoms with Crippen LogP contribution in [0.25, 0.3) is 5.69 Å². The van der Waals surface area contributed by atoms with Gasteiger partial charge in [0.1, 0.15) is 0 Å². The minimum atomic E-state index is -0.209. The standard InChI is InChI=1S/C17H14IN3O/c1-12-10-16(20-21(12)15-8-3-2-4-9-15)17(22)19-14-7-5-6-13(18)11-14/h2-11H,1H3,(H,19,22). The molecule has 0 aliphatic heterocycles. The predicted octanol–water partition coefficient (Wildman–Crippen LogP) is 4.04. The molecule has 0 unspecified atom stereocenters. The van der Waals surface area contributed by atoms with Gasteiger partial charge in [0.05, 0.1) is 5.69 Å². The maximum atomic E-state index is 12.3. The van der Waals surface area contributed by atoms with Crippen LogP contribution in [-0.4, -0.2) is 15.7 Å². The second-order valence-electron chi connectivity index (χ2n) is 4.88. The lowest BCUT2D eigenvalue weighted by atomic mass is 10.3. The smallest absolute Gasteiger partial charge is 0.276 e. The molecule has 1 N–H and O–H groups in total. The van der Waals surface area contributed by atoms with Crippen LogP contribution in [0.4, 0.5) is 5.69 Å². The van der Waals surface area contributed by atoms with Crippen molar-refractivity contribution in [2.45, 2.75) is 6.92 Å². The van der Waals surface area contributed by atoms with E-state index in [2.05, 4.69) is 33.0 Å². The summed E-state index contributed by atoms with van der Waals surface area (Å²) in [6.45, 7) is 1.93. The molecule has 0 bridgehead atoms. The SMILES string of the molecule is Cc1cc(C(=O)Nc2cccc(I)c2)nn1-c1ccccc1. The zero-order valence-electron chi connectivity index (χ0n) is 12.0. The number of carbonyl (C=O) groups excluding carboxylic acids is 1. The summed E-state index contributed by atoms with van der Waals surface area (Å²) < 4.78 is 2.84. The third-order valence-electron chi connectivity index (χ3n) is 3.20. The Morgan fingerprint density at radius 3 is 2.59 bits per heavy atom. The number of aromatic nitrogens is 2. The molecule has 1 heterocycles. The number of nitrogens with zero attached hydrogens (tertiary/aromatic N) is 2. The van der Waals surface area contributed by atoms with E-state index in [0.717, 1.165) is 20.6 Å². The van der Waals surface area contributed by atoms with Crippen molar-refractivity contribution in [3.63, 3.8) is 0 Å². The van der Waals surface area contributed by atoms with E-state index in [-0.39, 0.29) is 5.91 Å². The monoisotopic (exact) mass is 403 g/mol. The molecule has 2 aromatic carbocycles. The fourth-order valence-electron chi connectivity index (χ4n) is 2.18. The Balaban J connectivity index is 1.85. The number of aryl methyl sites for hydroxylation is 1. The molecule has 0 aliphatic rings. The number of halogens is 1. The zero-order chi connectivity index (χ0) is 15.5. The quantitative estimate of drug-likeness (QED) is 0.672. The van der Waals surface area contributed by atoms with Gasteiger partial charge in [-0.25, -0.2) is 4.68 Å². The highest BCUT2D eigenvalue weighted by Crippen LogP contribution is 2.15. The van der Waals surface area contributed by atoms with Crippen LogP contribution in [0.3, 0.4) is 0 Å². The second-order valence-corrected chi connectivity index (χ2v) is 6.13. The minimum absolute atomic E-state index is 0.209. The summed E-state index contributed by atoms with van der Waals surface area (Å²) in [6, 6.07) is 19.2. The minimum Gasteiger partial charge on any atom is -0.321 e. The van der Waals surface area contributed by atoms with Crippen molar-refractivity contribution in [2.75, 3.05) is 5.32 Å². The Morgan fingerprint density at radius 2 is 1.86 bits per heavy atom. The lowest BCUT2D eigenvalue weighted by molar-refractivity contribution is 0.102. The molecule has 5 heteroatoms. The number of amides is 1. The van der Waals surface area contributed by atoms with Crippen molar-refractivity contribution in [1.82, 2.24) is 9.78 Å². The number of hydrogen-bond donors (Lipinski definition) is 1. The Bertz CT molecular complexity index is 812. The predicted molar refractivity (Wildman–Crippen MR) is 95.4 cm³/mol. The van der Waals surface area contributed by atoms with Gasteiger partial charge in [0, 0.05) is 15.0 Å². The Kier molecular flexibility index (Phi) is 4.24. The molecule has 0 spiro atoms. The lowest BCUT2D eigenvalue weighted by Gasteiger charge is -2.04. The van der Waals surface area contributed by atoms with Gasteiger partial charge in [-0.15, -0.1) is 0 Å².